The normalized spacial score (nSPS) is 14.4. The van der Waals surface area contributed by atoms with Crippen LogP contribution < -0.4 is 27.4 Å². The van der Waals surface area contributed by atoms with E-state index in [1.54, 1.807) is 6.20 Å². The number of aromatic nitrogens is 1. The number of nitrogens with two attached hydrogens (primary N) is 2. The molecule has 0 fully saturated rings. The molecule has 0 aliphatic carbocycles. The fourth-order valence-electron chi connectivity index (χ4n) is 4.40. The van der Waals surface area contributed by atoms with Crippen LogP contribution in [0.3, 0.4) is 0 Å². The van der Waals surface area contributed by atoms with Gasteiger partial charge in [-0.1, -0.05) is 45.9 Å². The first kappa shape index (κ1) is 32.3. The summed E-state index contributed by atoms with van der Waals surface area (Å²) < 4.78 is 0. The van der Waals surface area contributed by atoms with E-state index in [9.17, 15) is 29.1 Å². The number of carbonyl (C=O) groups is 5. The van der Waals surface area contributed by atoms with Crippen molar-refractivity contribution in [3.63, 3.8) is 0 Å². The maximum Gasteiger partial charge on any atom is 0.326 e. The van der Waals surface area contributed by atoms with Gasteiger partial charge in [0.1, 0.15) is 18.1 Å². The predicted molar refractivity (Wildman–Crippen MR) is 151 cm³/mol. The molecule has 2 aromatic rings. The first-order chi connectivity index (χ1) is 18.8. The summed E-state index contributed by atoms with van der Waals surface area (Å²) in [5.41, 5.74) is 13.2. The Kier molecular flexibility index (Phi) is 12.1. The molecule has 40 heavy (non-hydrogen) atoms. The van der Waals surface area contributed by atoms with Gasteiger partial charge in [-0.25, -0.2) is 4.79 Å². The molecule has 4 unspecified atom stereocenters. The van der Waals surface area contributed by atoms with Crippen molar-refractivity contribution in [2.75, 3.05) is 0 Å². The SMILES string of the molecule is CC(C)CC(NC(=O)C(CC(C)C)NC(=O)C(CCC(N)=O)NC(=O)C(N)Cc1c[nH]c2ccccc12)C(=O)O. The van der Waals surface area contributed by atoms with Gasteiger partial charge in [-0.2, -0.15) is 0 Å². The van der Waals surface area contributed by atoms with Gasteiger partial charge in [0.2, 0.25) is 23.6 Å². The van der Waals surface area contributed by atoms with Crippen LogP contribution in [0, 0.1) is 11.8 Å². The fraction of sp³-hybridized carbons (Fsp3) is 0.536. The predicted octanol–water partition coefficient (Wildman–Crippen LogP) is 0.934. The number of H-pyrrole nitrogens is 1. The van der Waals surface area contributed by atoms with E-state index in [4.69, 9.17) is 11.5 Å². The highest BCUT2D eigenvalue weighted by molar-refractivity contribution is 5.94. The molecule has 1 aromatic heterocycles. The minimum absolute atomic E-state index is 0.0152. The summed E-state index contributed by atoms with van der Waals surface area (Å²) in [6.45, 7) is 7.38. The number of hydrogen-bond acceptors (Lipinski definition) is 6. The van der Waals surface area contributed by atoms with E-state index < -0.39 is 53.8 Å². The van der Waals surface area contributed by atoms with Crippen molar-refractivity contribution < 1.29 is 29.1 Å². The number of para-hydroxylation sites is 1. The summed E-state index contributed by atoms with van der Waals surface area (Å²) in [6.07, 6.45) is 2.12. The smallest absolute Gasteiger partial charge is 0.326 e. The van der Waals surface area contributed by atoms with Crippen molar-refractivity contribution in [1.82, 2.24) is 20.9 Å². The zero-order chi connectivity index (χ0) is 30.0. The molecule has 0 radical (unpaired) electrons. The Balaban J connectivity index is 2.15. The van der Waals surface area contributed by atoms with Crippen LogP contribution in [0.2, 0.25) is 0 Å². The Morgan fingerprint density at radius 1 is 0.850 bits per heavy atom. The number of hydrogen-bond donors (Lipinski definition) is 7. The number of amides is 4. The number of rotatable bonds is 16. The molecule has 0 bridgehead atoms. The van der Waals surface area contributed by atoms with Crippen LogP contribution in [0.15, 0.2) is 30.5 Å². The molecule has 0 spiro atoms. The largest absolute Gasteiger partial charge is 0.480 e. The molecular weight excluding hydrogens is 516 g/mol. The molecule has 12 nitrogen and oxygen atoms in total. The molecule has 12 heteroatoms. The highest BCUT2D eigenvalue weighted by Crippen LogP contribution is 2.19. The Labute approximate surface area is 234 Å². The minimum atomic E-state index is -1.19. The molecule has 220 valence electrons. The van der Waals surface area contributed by atoms with Crippen LogP contribution in [-0.2, 0) is 30.4 Å². The molecule has 0 saturated heterocycles. The van der Waals surface area contributed by atoms with E-state index in [1.807, 2.05) is 52.0 Å². The van der Waals surface area contributed by atoms with E-state index in [0.717, 1.165) is 16.5 Å². The number of carboxylic acid groups (broad SMARTS) is 1. The number of carboxylic acids is 1. The topological polar surface area (TPSA) is 209 Å². The highest BCUT2D eigenvalue weighted by atomic mass is 16.4. The van der Waals surface area contributed by atoms with E-state index in [1.165, 1.54) is 0 Å². The van der Waals surface area contributed by atoms with Gasteiger partial charge in [0.25, 0.3) is 0 Å². The van der Waals surface area contributed by atoms with E-state index in [-0.39, 0.29) is 43.9 Å². The second-order valence-corrected chi connectivity index (χ2v) is 11.0. The van der Waals surface area contributed by atoms with Gasteiger partial charge in [0.05, 0.1) is 6.04 Å². The number of carbonyl (C=O) groups excluding carboxylic acids is 4. The quantitative estimate of drug-likeness (QED) is 0.158. The standard InChI is InChI=1S/C28H42N6O6/c1-15(2)11-22(27(38)34-23(28(39)40)12-16(3)4)33-26(37)21(9-10-24(30)35)32-25(36)19(29)13-17-14-31-20-8-6-5-7-18(17)20/h5-8,14-16,19,21-23,31H,9-13,29H2,1-4H3,(H2,30,35)(H,32,36)(H,33,37)(H,34,38)(H,39,40). The highest BCUT2D eigenvalue weighted by Gasteiger charge is 2.31. The molecule has 4 atom stereocenters. The zero-order valence-corrected chi connectivity index (χ0v) is 23.5. The summed E-state index contributed by atoms with van der Waals surface area (Å²) in [5, 5.41) is 18.2. The van der Waals surface area contributed by atoms with E-state index in [2.05, 4.69) is 20.9 Å². The maximum atomic E-state index is 13.3. The van der Waals surface area contributed by atoms with Crippen LogP contribution in [0.4, 0.5) is 0 Å². The lowest BCUT2D eigenvalue weighted by atomic mass is 9.99. The number of fused-ring (bicyclic) bond motifs is 1. The van der Waals surface area contributed by atoms with Gasteiger partial charge in [-0.3, -0.25) is 19.2 Å². The second-order valence-electron chi connectivity index (χ2n) is 11.0. The molecule has 2 rings (SSSR count). The Bertz CT molecular complexity index is 1190. The van der Waals surface area contributed by atoms with Gasteiger partial charge in [0.15, 0.2) is 0 Å². The van der Waals surface area contributed by atoms with E-state index >= 15 is 0 Å². The average molecular weight is 559 g/mol. The molecule has 4 amide bonds. The molecular formula is C28H42N6O6. The van der Waals surface area contributed by atoms with Crippen molar-refractivity contribution in [2.45, 2.75) is 84.0 Å². The number of benzene rings is 1. The fourth-order valence-corrected chi connectivity index (χ4v) is 4.40. The van der Waals surface area contributed by atoms with Gasteiger partial charge in [-0.05, 0) is 49.1 Å². The van der Waals surface area contributed by atoms with Gasteiger partial charge in [0, 0.05) is 23.5 Å². The third kappa shape index (κ3) is 9.99. The first-order valence-corrected chi connectivity index (χ1v) is 13.5. The summed E-state index contributed by atoms with van der Waals surface area (Å²) in [4.78, 5) is 65.6. The zero-order valence-electron chi connectivity index (χ0n) is 23.5. The minimum Gasteiger partial charge on any atom is -0.480 e. The summed E-state index contributed by atoms with van der Waals surface area (Å²) in [6, 6.07) is 3.20. The number of aliphatic carboxylic acids is 1. The van der Waals surface area contributed by atoms with E-state index in [0.29, 0.717) is 0 Å². The second kappa shape index (κ2) is 15.0. The average Bonchev–Trinajstić information content (AvgIpc) is 3.27. The van der Waals surface area contributed by atoms with Gasteiger partial charge < -0.3 is 37.5 Å². The maximum absolute atomic E-state index is 13.3. The third-order valence-electron chi connectivity index (χ3n) is 6.43. The van der Waals surface area contributed by atoms with Crippen molar-refractivity contribution in [2.24, 2.45) is 23.3 Å². The van der Waals surface area contributed by atoms with Crippen molar-refractivity contribution in [1.29, 1.82) is 0 Å². The summed E-state index contributed by atoms with van der Waals surface area (Å²) in [7, 11) is 0. The number of nitrogens with one attached hydrogen (secondary N) is 4. The van der Waals surface area contributed by atoms with Crippen LogP contribution in [0.1, 0.15) is 58.9 Å². The lowest BCUT2D eigenvalue weighted by Gasteiger charge is -2.26. The van der Waals surface area contributed by atoms with Crippen LogP contribution in [0.25, 0.3) is 10.9 Å². The van der Waals surface area contributed by atoms with Gasteiger partial charge in [-0.15, -0.1) is 0 Å². The van der Waals surface area contributed by atoms with Crippen LogP contribution >= 0.6 is 0 Å². The molecule has 0 saturated carbocycles. The lowest BCUT2D eigenvalue weighted by Crippen LogP contribution is -2.57. The third-order valence-corrected chi connectivity index (χ3v) is 6.43. The molecule has 1 heterocycles. The molecule has 1 aromatic carbocycles. The number of aromatic amines is 1. The Morgan fingerprint density at radius 2 is 1.40 bits per heavy atom. The van der Waals surface area contributed by atoms with Crippen LogP contribution in [0.5, 0.6) is 0 Å². The Hall–Kier alpha value is -3.93. The lowest BCUT2D eigenvalue weighted by molar-refractivity contribution is -0.143. The summed E-state index contributed by atoms with van der Waals surface area (Å²) >= 11 is 0. The monoisotopic (exact) mass is 558 g/mol. The van der Waals surface area contributed by atoms with Crippen LogP contribution in [-0.4, -0.2) is 63.9 Å². The van der Waals surface area contributed by atoms with Gasteiger partial charge >= 0.3 is 5.97 Å². The molecule has 0 aliphatic rings. The van der Waals surface area contributed by atoms with Crippen molar-refractivity contribution >= 4 is 40.5 Å². The molecule has 9 N–H and O–H groups in total. The Morgan fingerprint density at radius 3 is 2.00 bits per heavy atom. The molecule has 0 aliphatic heterocycles. The number of primary amides is 1. The first-order valence-electron chi connectivity index (χ1n) is 13.5. The van der Waals surface area contributed by atoms with Crippen molar-refractivity contribution in [3.8, 4) is 0 Å². The summed E-state index contributed by atoms with van der Waals surface area (Å²) in [5.74, 6) is -3.80. The van der Waals surface area contributed by atoms with Crippen molar-refractivity contribution in [3.05, 3.63) is 36.0 Å².